The van der Waals surface area contributed by atoms with Crippen molar-refractivity contribution >= 4 is 12.1 Å². The molecule has 0 aliphatic heterocycles. The molecule has 0 radical (unpaired) electrons. The van der Waals surface area contributed by atoms with E-state index in [0.29, 0.717) is 22.1 Å². The van der Waals surface area contributed by atoms with Crippen molar-refractivity contribution in [1.82, 2.24) is 5.32 Å². The molecule has 7 heteroatoms. The summed E-state index contributed by atoms with van der Waals surface area (Å²) in [7, 11) is 12.0. The lowest BCUT2D eigenvalue weighted by Gasteiger charge is -2.43. The Morgan fingerprint density at radius 2 is 1.43 bits per heavy atom. The molecule has 3 rings (SSSR count). The second kappa shape index (κ2) is 9.84. The van der Waals surface area contributed by atoms with E-state index in [-0.39, 0.29) is 12.5 Å². The number of quaternary nitrogens is 2. The maximum absolute atomic E-state index is 13.0. The van der Waals surface area contributed by atoms with Gasteiger partial charge in [-0.15, -0.1) is 6.58 Å². The molecule has 2 aromatic carbocycles. The second-order valence-corrected chi connectivity index (χ2v) is 11.6. The van der Waals surface area contributed by atoms with Gasteiger partial charge in [-0.3, -0.25) is 0 Å². The molecule has 188 valence electrons. The molecule has 35 heavy (non-hydrogen) atoms. The Bertz CT molecular complexity index is 1040. The number of amides is 1. The molecule has 0 aromatic heterocycles. The first-order valence-corrected chi connectivity index (χ1v) is 11.9. The molecule has 1 aliphatic rings. The molecular weight excluding hydrogens is 442 g/mol. The number of ether oxygens (including phenoxy) is 1. The molecule has 0 bridgehead atoms. The van der Waals surface area contributed by atoms with Crippen LogP contribution in [0.15, 0.2) is 61.2 Å². The molecular formula is C28H39N3O4+2. The van der Waals surface area contributed by atoms with E-state index in [4.69, 9.17) is 4.74 Å². The minimum atomic E-state index is -1.19. The molecule has 1 amide bonds. The summed E-state index contributed by atoms with van der Waals surface area (Å²) in [5.41, 5.74) is 3.58. The van der Waals surface area contributed by atoms with Crippen molar-refractivity contribution in [3.8, 4) is 11.1 Å². The van der Waals surface area contributed by atoms with Gasteiger partial charge in [0.1, 0.15) is 18.1 Å². The summed E-state index contributed by atoms with van der Waals surface area (Å²) in [5, 5.41) is 12.9. The van der Waals surface area contributed by atoms with Crippen molar-refractivity contribution in [3.63, 3.8) is 0 Å². The lowest BCUT2D eigenvalue weighted by Crippen LogP contribution is -2.63. The van der Waals surface area contributed by atoms with Gasteiger partial charge in [0.25, 0.3) is 0 Å². The highest BCUT2D eigenvalue weighted by Crippen LogP contribution is 2.44. The van der Waals surface area contributed by atoms with E-state index in [2.05, 4.69) is 24.0 Å². The quantitative estimate of drug-likeness (QED) is 0.402. The first-order chi connectivity index (χ1) is 16.3. The van der Waals surface area contributed by atoms with Crippen LogP contribution in [0.25, 0.3) is 11.1 Å². The van der Waals surface area contributed by atoms with Gasteiger partial charge in [0.2, 0.25) is 0 Å². The number of hydrogen-bond donors (Lipinski definition) is 2. The minimum absolute atomic E-state index is 0.0990. The van der Waals surface area contributed by atoms with Gasteiger partial charge in [-0.05, 0) is 22.3 Å². The van der Waals surface area contributed by atoms with Crippen LogP contribution in [0.2, 0.25) is 0 Å². The van der Waals surface area contributed by atoms with Crippen LogP contribution in [0, 0.1) is 5.41 Å². The highest BCUT2D eigenvalue weighted by Gasteiger charge is 2.50. The van der Waals surface area contributed by atoms with Crippen molar-refractivity contribution < 1.29 is 28.4 Å². The number of rotatable bonds is 10. The molecule has 0 heterocycles. The molecule has 0 fully saturated rings. The van der Waals surface area contributed by atoms with Gasteiger partial charge in [-0.2, -0.15) is 0 Å². The second-order valence-electron chi connectivity index (χ2n) is 11.6. The number of fused-ring (bicyclic) bond motifs is 3. The number of aliphatic carboxylic acids is 1. The Morgan fingerprint density at radius 3 is 1.83 bits per heavy atom. The normalized spacial score (nSPS) is 14.6. The van der Waals surface area contributed by atoms with Gasteiger partial charge in [-0.1, -0.05) is 54.6 Å². The van der Waals surface area contributed by atoms with Gasteiger partial charge in [-0.25, -0.2) is 9.59 Å². The third-order valence-electron chi connectivity index (χ3n) is 6.37. The maximum atomic E-state index is 13.0. The minimum Gasteiger partial charge on any atom is -0.480 e. The Labute approximate surface area is 208 Å². The number of carbonyl (C=O) groups is 2. The molecule has 2 N–H and O–H groups in total. The first-order valence-electron chi connectivity index (χ1n) is 11.9. The Balaban J connectivity index is 1.82. The van der Waals surface area contributed by atoms with Crippen molar-refractivity contribution in [2.75, 3.05) is 62.0 Å². The standard InChI is InChI=1S/C28H37N3O4/c1-8-28(18-30(2,3)4,19-31(5,6)7)25(26(32)33)29-27(34)35-17-24-22-15-11-9-13-20(22)21-14-10-12-16-23(21)24/h8-16,24-25H,1,17-19H2,2-7H3/p+2/t25-/m0/s1. The number of nitrogens with zero attached hydrogens (tertiary/aromatic N) is 2. The molecule has 0 spiro atoms. The molecule has 1 aliphatic carbocycles. The predicted octanol–water partition coefficient (Wildman–Crippen LogP) is 3.56. The molecule has 7 nitrogen and oxygen atoms in total. The van der Waals surface area contributed by atoms with Crippen LogP contribution in [0.3, 0.4) is 0 Å². The maximum Gasteiger partial charge on any atom is 0.407 e. The Hall–Kier alpha value is -3.16. The lowest BCUT2D eigenvalue weighted by molar-refractivity contribution is -0.901. The SMILES string of the molecule is C=CC(C[N+](C)(C)C)(C[N+](C)(C)C)[C@@H](NC(=O)OCC1c2ccccc2-c2ccccc21)C(=O)O. The number of carboxylic acid groups (broad SMARTS) is 1. The highest BCUT2D eigenvalue weighted by atomic mass is 16.5. The Kier molecular flexibility index (Phi) is 7.43. The van der Waals surface area contributed by atoms with E-state index in [1.165, 1.54) is 0 Å². The molecule has 0 saturated heterocycles. The van der Waals surface area contributed by atoms with E-state index in [1.54, 1.807) is 6.08 Å². The number of benzene rings is 2. The highest BCUT2D eigenvalue weighted by molar-refractivity contribution is 5.82. The van der Waals surface area contributed by atoms with Crippen LogP contribution in [0.4, 0.5) is 4.79 Å². The fourth-order valence-corrected chi connectivity index (χ4v) is 5.46. The third kappa shape index (κ3) is 6.10. The predicted molar refractivity (Wildman–Crippen MR) is 138 cm³/mol. The van der Waals surface area contributed by atoms with Crippen molar-refractivity contribution in [3.05, 3.63) is 72.3 Å². The molecule has 0 saturated carbocycles. The van der Waals surface area contributed by atoms with E-state index in [0.717, 1.165) is 22.3 Å². The van der Waals surface area contributed by atoms with Crippen LogP contribution >= 0.6 is 0 Å². The van der Waals surface area contributed by atoms with Gasteiger partial charge < -0.3 is 24.1 Å². The summed E-state index contributed by atoms with van der Waals surface area (Å²) in [6.07, 6.45) is 0.941. The smallest absolute Gasteiger partial charge is 0.407 e. The zero-order valence-electron chi connectivity index (χ0n) is 21.7. The summed E-state index contributed by atoms with van der Waals surface area (Å²) in [6, 6.07) is 15.0. The van der Waals surface area contributed by atoms with Gasteiger partial charge in [0.05, 0.1) is 55.4 Å². The first kappa shape index (κ1) is 26.4. The third-order valence-corrected chi connectivity index (χ3v) is 6.37. The number of alkyl carbamates (subject to hydrolysis) is 1. The van der Waals surface area contributed by atoms with Crippen molar-refractivity contribution in [2.24, 2.45) is 5.41 Å². The summed E-state index contributed by atoms with van der Waals surface area (Å²) in [6.45, 7) is 5.08. The van der Waals surface area contributed by atoms with E-state index in [1.807, 2.05) is 78.7 Å². The van der Waals surface area contributed by atoms with Crippen molar-refractivity contribution in [1.29, 1.82) is 0 Å². The average molecular weight is 482 g/mol. The summed E-state index contributed by atoms with van der Waals surface area (Å²) < 4.78 is 6.69. The number of hydrogen-bond acceptors (Lipinski definition) is 3. The summed E-state index contributed by atoms with van der Waals surface area (Å²) >= 11 is 0. The van der Waals surface area contributed by atoms with Crippen LogP contribution in [0.1, 0.15) is 17.0 Å². The number of carboxylic acids is 1. The summed E-state index contributed by atoms with van der Waals surface area (Å²) in [4.78, 5) is 25.5. The van der Waals surface area contributed by atoms with Crippen LogP contribution in [-0.4, -0.2) is 94.2 Å². The lowest BCUT2D eigenvalue weighted by atomic mass is 9.78. The van der Waals surface area contributed by atoms with Crippen molar-refractivity contribution in [2.45, 2.75) is 12.0 Å². The average Bonchev–Trinajstić information content (AvgIpc) is 3.07. The zero-order chi connectivity index (χ0) is 26.0. The van der Waals surface area contributed by atoms with E-state index < -0.39 is 23.5 Å². The molecule has 2 aromatic rings. The monoisotopic (exact) mass is 481 g/mol. The van der Waals surface area contributed by atoms with Crippen LogP contribution in [-0.2, 0) is 9.53 Å². The largest absolute Gasteiger partial charge is 0.480 e. The molecule has 0 unspecified atom stereocenters. The van der Waals surface area contributed by atoms with Crippen LogP contribution < -0.4 is 5.32 Å². The Morgan fingerprint density at radius 1 is 0.971 bits per heavy atom. The van der Waals surface area contributed by atoms with E-state index >= 15 is 0 Å². The molecule has 1 atom stereocenters. The van der Waals surface area contributed by atoms with Crippen LogP contribution in [0.5, 0.6) is 0 Å². The van der Waals surface area contributed by atoms with Gasteiger partial charge in [0.15, 0.2) is 0 Å². The zero-order valence-corrected chi connectivity index (χ0v) is 21.7. The topological polar surface area (TPSA) is 75.6 Å². The fourth-order valence-electron chi connectivity index (χ4n) is 5.46. The van der Waals surface area contributed by atoms with E-state index in [9.17, 15) is 14.7 Å². The van der Waals surface area contributed by atoms with Gasteiger partial charge in [0, 0.05) is 5.92 Å². The number of carbonyl (C=O) groups excluding carboxylic acids is 1. The summed E-state index contributed by atoms with van der Waals surface area (Å²) in [5.74, 6) is -1.21. The fraction of sp³-hybridized carbons (Fsp3) is 0.429. The number of nitrogens with one attached hydrogen (secondary N) is 1. The van der Waals surface area contributed by atoms with Gasteiger partial charge >= 0.3 is 12.1 Å².